The minimum Gasteiger partial charge on any atom is -0.384 e. The van der Waals surface area contributed by atoms with Crippen molar-refractivity contribution >= 4 is 23.2 Å². The van der Waals surface area contributed by atoms with E-state index < -0.39 is 0 Å². The SMILES string of the molecule is CN(C)C(=O)c1cnc(Nc2cnc(C#N)cn2)cc1NCC1CCCCC1. The van der Waals surface area contributed by atoms with E-state index in [9.17, 15) is 4.79 Å². The Bertz CT molecular complexity index is 852. The van der Waals surface area contributed by atoms with Crippen molar-refractivity contribution in [2.45, 2.75) is 32.1 Å². The number of hydrogen-bond acceptors (Lipinski definition) is 7. The lowest BCUT2D eigenvalue weighted by Gasteiger charge is -2.23. The minimum atomic E-state index is -0.0941. The lowest BCUT2D eigenvalue weighted by Crippen LogP contribution is -2.24. The Morgan fingerprint density at radius 3 is 2.54 bits per heavy atom. The van der Waals surface area contributed by atoms with Crippen LogP contribution in [0.2, 0.25) is 0 Å². The maximum absolute atomic E-state index is 12.5. The van der Waals surface area contributed by atoms with Gasteiger partial charge in [0.15, 0.2) is 5.69 Å². The Kier molecular flexibility index (Phi) is 6.37. The molecule has 0 aromatic carbocycles. The number of carbonyl (C=O) groups is 1. The Balaban J connectivity index is 1.79. The van der Waals surface area contributed by atoms with E-state index in [1.165, 1.54) is 44.5 Å². The summed E-state index contributed by atoms with van der Waals surface area (Å²) in [6.07, 6.45) is 10.8. The fourth-order valence-electron chi connectivity index (χ4n) is 3.31. The number of rotatable bonds is 6. The first-order valence-corrected chi connectivity index (χ1v) is 9.51. The average Bonchev–Trinajstić information content (AvgIpc) is 2.73. The third kappa shape index (κ3) is 4.94. The Hall–Kier alpha value is -3.21. The van der Waals surface area contributed by atoms with Gasteiger partial charge in [0.25, 0.3) is 5.91 Å². The van der Waals surface area contributed by atoms with Crippen LogP contribution in [0.1, 0.15) is 48.2 Å². The van der Waals surface area contributed by atoms with Crippen LogP contribution in [0.25, 0.3) is 0 Å². The van der Waals surface area contributed by atoms with Crippen LogP contribution < -0.4 is 10.6 Å². The summed E-state index contributed by atoms with van der Waals surface area (Å²) in [5.41, 5.74) is 1.54. The molecule has 3 rings (SSSR count). The van der Waals surface area contributed by atoms with E-state index in [-0.39, 0.29) is 11.6 Å². The molecule has 2 N–H and O–H groups in total. The molecule has 8 heteroatoms. The van der Waals surface area contributed by atoms with Gasteiger partial charge in [-0.2, -0.15) is 5.26 Å². The summed E-state index contributed by atoms with van der Waals surface area (Å²) < 4.78 is 0. The van der Waals surface area contributed by atoms with Crippen molar-refractivity contribution in [3.63, 3.8) is 0 Å². The summed E-state index contributed by atoms with van der Waals surface area (Å²) in [6.45, 7) is 0.841. The predicted molar refractivity (Wildman–Crippen MR) is 107 cm³/mol. The van der Waals surface area contributed by atoms with Crippen LogP contribution in [0.4, 0.5) is 17.3 Å². The van der Waals surface area contributed by atoms with E-state index in [4.69, 9.17) is 5.26 Å². The third-order valence-electron chi connectivity index (χ3n) is 4.87. The zero-order valence-corrected chi connectivity index (χ0v) is 16.3. The van der Waals surface area contributed by atoms with Gasteiger partial charge in [-0.15, -0.1) is 0 Å². The second-order valence-corrected chi connectivity index (χ2v) is 7.22. The number of nitrogens with zero attached hydrogens (tertiary/aromatic N) is 5. The zero-order chi connectivity index (χ0) is 19.9. The van der Waals surface area contributed by atoms with Crippen molar-refractivity contribution in [2.24, 2.45) is 5.92 Å². The van der Waals surface area contributed by atoms with Crippen LogP contribution in [0.5, 0.6) is 0 Å². The molecule has 0 saturated heterocycles. The Morgan fingerprint density at radius 1 is 1.14 bits per heavy atom. The number of pyridine rings is 1. The van der Waals surface area contributed by atoms with E-state index in [1.807, 2.05) is 12.1 Å². The maximum atomic E-state index is 12.5. The van der Waals surface area contributed by atoms with Gasteiger partial charge in [-0.3, -0.25) is 4.79 Å². The van der Waals surface area contributed by atoms with Gasteiger partial charge in [0.1, 0.15) is 17.7 Å². The number of amides is 1. The van der Waals surface area contributed by atoms with E-state index in [1.54, 1.807) is 25.2 Å². The zero-order valence-electron chi connectivity index (χ0n) is 16.3. The Labute approximate surface area is 165 Å². The van der Waals surface area contributed by atoms with Gasteiger partial charge >= 0.3 is 0 Å². The molecule has 1 fully saturated rings. The number of carbonyl (C=O) groups excluding carboxylic acids is 1. The highest BCUT2D eigenvalue weighted by Crippen LogP contribution is 2.26. The minimum absolute atomic E-state index is 0.0941. The van der Waals surface area contributed by atoms with Crippen molar-refractivity contribution in [1.82, 2.24) is 19.9 Å². The van der Waals surface area contributed by atoms with Crippen LogP contribution in [-0.4, -0.2) is 46.4 Å². The highest BCUT2D eigenvalue weighted by Gasteiger charge is 2.18. The molecule has 0 atom stereocenters. The highest BCUT2D eigenvalue weighted by molar-refractivity contribution is 5.99. The molecule has 28 heavy (non-hydrogen) atoms. The maximum Gasteiger partial charge on any atom is 0.257 e. The van der Waals surface area contributed by atoms with Crippen molar-refractivity contribution in [1.29, 1.82) is 5.26 Å². The number of nitrogens with one attached hydrogen (secondary N) is 2. The fourth-order valence-corrected chi connectivity index (χ4v) is 3.31. The normalized spacial score (nSPS) is 14.2. The molecule has 0 spiro atoms. The van der Waals surface area contributed by atoms with Crippen molar-refractivity contribution in [3.05, 3.63) is 35.9 Å². The highest BCUT2D eigenvalue weighted by atomic mass is 16.2. The summed E-state index contributed by atoms with van der Waals surface area (Å²) >= 11 is 0. The first-order valence-electron chi connectivity index (χ1n) is 9.51. The van der Waals surface area contributed by atoms with Gasteiger partial charge in [0.2, 0.25) is 0 Å². The topological polar surface area (TPSA) is 107 Å². The molecule has 1 amide bonds. The van der Waals surface area contributed by atoms with Gasteiger partial charge in [-0.1, -0.05) is 19.3 Å². The first kappa shape index (κ1) is 19.5. The largest absolute Gasteiger partial charge is 0.384 e. The molecule has 1 aliphatic rings. The fraction of sp³-hybridized carbons (Fsp3) is 0.450. The molecule has 2 heterocycles. The third-order valence-corrected chi connectivity index (χ3v) is 4.87. The predicted octanol–water partition coefficient (Wildman–Crippen LogP) is 3.18. The molecule has 2 aromatic rings. The van der Waals surface area contributed by atoms with Crippen LogP contribution >= 0.6 is 0 Å². The molecule has 1 aliphatic carbocycles. The van der Waals surface area contributed by atoms with Gasteiger partial charge < -0.3 is 15.5 Å². The number of nitriles is 1. The van der Waals surface area contributed by atoms with Crippen LogP contribution in [0.3, 0.4) is 0 Å². The molecule has 8 nitrogen and oxygen atoms in total. The van der Waals surface area contributed by atoms with Gasteiger partial charge in [-0.25, -0.2) is 15.0 Å². The van der Waals surface area contributed by atoms with Crippen LogP contribution in [0, 0.1) is 17.2 Å². The second kappa shape index (κ2) is 9.13. The monoisotopic (exact) mass is 379 g/mol. The van der Waals surface area contributed by atoms with E-state index in [0.717, 1.165) is 12.2 Å². The van der Waals surface area contributed by atoms with Gasteiger partial charge in [-0.05, 0) is 18.8 Å². The van der Waals surface area contributed by atoms with Crippen LogP contribution in [0.15, 0.2) is 24.7 Å². The van der Waals surface area contributed by atoms with Crippen molar-refractivity contribution in [2.75, 3.05) is 31.3 Å². The summed E-state index contributed by atoms with van der Waals surface area (Å²) in [4.78, 5) is 26.6. The smallest absolute Gasteiger partial charge is 0.257 e. The molecule has 1 saturated carbocycles. The molecule has 0 aliphatic heterocycles. The lowest BCUT2D eigenvalue weighted by molar-refractivity contribution is 0.0828. The van der Waals surface area contributed by atoms with Crippen LogP contribution in [-0.2, 0) is 0 Å². The van der Waals surface area contributed by atoms with E-state index in [2.05, 4.69) is 25.6 Å². The van der Waals surface area contributed by atoms with E-state index >= 15 is 0 Å². The quantitative estimate of drug-likeness (QED) is 0.794. The summed E-state index contributed by atoms with van der Waals surface area (Å²) in [7, 11) is 3.46. The molecular weight excluding hydrogens is 354 g/mol. The standard InChI is InChI=1S/C20H25N7O/c1-27(2)20(28)16-12-25-18(26-19-13-22-15(9-21)11-24-19)8-17(16)23-10-14-6-4-3-5-7-14/h8,11-14H,3-7,10H2,1-2H3,(H2,23,24,25,26). The molecule has 146 valence electrons. The molecule has 2 aromatic heterocycles. The first-order chi connectivity index (χ1) is 13.6. The molecular formula is C20H25N7O. The average molecular weight is 379 g/mol. The number of hydrogen-bond donors (Lipinski definition) is 2. The van der Waals surface area contributed by atoms with Gasteiger partial charge in [0.05, 0.1) is 23.6 Å². The van der Waals surface area contributed by atoms with E-state index in [0.29, 0.717) is 23.1 Å². The van der Waals surface area contributed by atoms with Gasteiger partial charge in [0, 0.05) is 32.9 Å². The molecule has 0 bridgehead atoms. The second-order valence-electron chi connectivity index (χ2n) is 7.22. The Morgan fingerprint density at radius 2 is 1.89 bits per heavy atom. The lowest BCUT2D eigenvalue weighted by atomic mass is 9.89. The molecule has 0 unspecified atom stereocenters. The van der Waals surface area contributed by atoms with Crippen molar-refractivity contribution < 1.29 is 4.79 Å². The summed E-state index contributed by atoms with van der Waals surface area (Å²) in [5, 5.41) is 15.3. The number of anilines is 3. The summed E-state index contributed by atoms with van der Waals surface area (Å²) in [6, 6.07) is 3.76. The molecule has 0 radical (unpaired) electrons. The number of aromatic nitrogens is 3. The summed E-state index contributed by atoms with van der Waals surface area (Å²) in [5.74, 6) is 1.57. The van der Waals surface area contributed by atoms with Crippen molar-refractivity contribution in [3.8, 4) is 6.07 Å².